The van der Waals surface area contributed by atoms with Gasteiger partial charge in [0.1, 0.15) is 11.6 Å². The van der Waals surface area contributed by atoms with Crippen LogP contribution in [0.2, 0.25) is 0 Å². The number of ketones is 1. The Hall–Kier alpha value is -2.99. The molecule has 0 radical (unpaired) electrons. The molecule has 3 aromatic rings. The summed E-state index contributed by atoms with van der Waals surface area (Å²) in [4.78, 5) is 15.0. The van der Waals surface area contributed by atoms with E-state index in [1.807, 2.05) is 29.1 Å². The number of ether oxygens (including phenoxy) is 1. The Balaban J connectivity index is 1.11. The molecule has 0 N–H and O–H groups in total. The van der Waals surface area contributed by atoms with Gasteiger partial charge >= 0.3 is 0 Å². The van der Waals surface area contributed by atoms with Gasteiger partial charge in [-0.25, -0.2) is 4.39 Å². The second kappa shape index (κ2) is 8.63. The second-order valence-electron chi connectivity index (χ2n) is 8.71. The monoisotopic (exact) mass is 419 g/mol. The molecule has 1 saturated carbocycles. The van der Waals surface area contributed by atoms with E-state index in [0.717, 1.165) is 37.2 Å². The van der Waals surface area contributed by atoms with E-state index in [2.05, 4.69) is 22.1 Å². The van der Waals surface area contributed by atoms with Crippen molar-refractivity contribution < 1.29 is 13.9 Å². The van der Waals surface area contributed by atoms with Crippen molar-refractivity contribution in [2.24, 2.45) is 11.8 Å². The van der Waals surface area contributed by atoms with Gasteiger partial charge in [-0.15, -0.1) is 0 Å². The fourth-order valence-corrected chi connectivity index (χ4v) is 4.93. The Bertz CT molecular complexity index is 1020. The first-order valence-electron chi connectivity index (χ1n) is 10.9. The number of carbonyl (C=O) groups is 1. The maximum atomic E-state index is 13.1. The maximum Gasteiger partial charge on any atom is 0.179 e. The zero-order valence-electron chi connectivity index (χ0n) is 17.4. The van der Waals surface area contributed by atoms with Crippen LogP contribution >= 0.6 is 0 Å². The summed E-state index contributed by atoms with van der Waals surface area (Å²) in [6, 6.07) is 16.3. The SMILES string of the molecule is O=C(CN1C[C@H]2CC(Oc3ccc(F)cc3)C[C@H]2C1)c1cnn(Cc2ccccc2)c1. The predicted octanol–water partition coefficient (Wildman–Crippen LogP) is 4.04. The molecule has 2 fully saturated rings. The summed E-state index contributed by atoms with van der Waals surface area (Å²) >= 11 is 0. The van der Waals surface area contributed by atoms with E-state index in [1.54, 1.807) is 18.3 Å². The summed E-state index contributed by atoms with van der Waals surface area (Å²) < 4.78 is 20.9. The molecule has 1 aliphatic heterocycles. The van der Waals surface area contributed by atoms with Crippen molar-refractivity contribution in [2.75, 3.05) is 19.6 Å². The van der Waals surface area contributed by atoms with Crippen molar-refractivity contribution in [3.63, 3.8) is 0 Å². The number of aromatic nitrogens is 2. The molecule has 2 aliphatic rings. The number of rotatable bonds is 7. The van der Waals surface area contributed by atoms with Crippen molar-refractivity contribution in [2.45, 2.75) is 25.5 Å². The van der Waals surface area contributed by atoms with E-state index < -0.39 is 0 Å². The van der Waals surface area contributed by atoms with Crippen LogP contribution < -0.4 is 4.74 Å². The summed E-state index contributed by atoms with van der Waals surface area (Å²) in [5, 5.41) is 4.36. The standard InChI is InChI=1S/C25H26FN3O2/c26-22-6-8-23(9-7-22)31-24-10-19-14-28(15-20(19)11-24)17-25(30)21-12-27-29(16-21)13-18-4-2-1-3-5-18/h1-9,12,16,19-20,24H,10-11,13-15,17H2/t19-,20+,24?. The van der Waals surface area contributed by atoms with Crippen molar-refractivity contribution >= 4 is 5.78 Å². The minimum absolute atomic E-state index is 0.124. The van der Waals surface area contributed by atoms with Crippen molar-refractivity contribution in [3.05, 3.63) is 83.9 Å². The summed E-state index contributed by atoms with van der Waals surface area (Å²) in [5.74, 6) is 1.71. The van der Waals surface area contributed by atoms with Crippen LogP contribution in [0.3, 0.4) is 0 Å². The fraction of sp³-hybridized carbons (Fsp3) is 0.360. The van der Waals surface area contributed by atoms with E-state index in [9.17, 15) is 9.18 Å². The number of nitrogens with zero attached hydrogens (tertiary/aromatic N) is 3. The molecule has 2 aromatic carbocycles. The van der Waals surface area contributed by atoms with Crippen LogP contribution in [0.25, 0.3) is 0 Å². The molecule has 1 aromatic heterocycles. The Morgan fingerprint density at radius 2 is 1.74 bits per heavy atom. The average molecular weight is 420 g/mol. The van der Waals surface area contributed by atoms with Crippen LogP contribution in [-0.4, -0.2) is 46.2 Å². The molecule has 0 bridgehead atoms. The third-order valence-corrected chi connectivity index (χ3v) is 6.41. The van der Waals surface area contributed by atoms with E-state index in [4.69, 9.17) is 4.74 Å². The van der Waals surface area contributed by atoms with Crippen molar-refractivity contribution in [3.8, 4) is 5.75 Å². The quantitative estimate of drug-likeness (QED) is 0.542. The molecule has 5 rings (SSSR count). The molecule has 31 heavy (non-hydrogen) atoms. The Kier molecular flexibility index (Phi) is 5.55. The number of carbonyl (C=O) groups excluding carboxylic acids is 1. The molecule has 1 saturated heterocycles. The Labute approximate surface area is 181 Å². The highest BCUT2D eigenvalue weighted by atomic mass is 19.1. The molecule has 160 valence electrons. The zero-order valence-corrected chi connectivity index (χ0v) is 17.4. The lowest BCUT2D eigenvalue weighted by Crippen LogP contribution is -2.29. The predicted molar refractivity (Wildman–Crippen MR) is 116 cm³/mol. The maximum absolute atomic E-state index is 13.1. The molecule has 3 atom stereocenters. The third-order valence-electron chi connectivity index (χ3n) is 6.41. The van der Waals surface area contributed by atoms with Crippen molar-refractivity contribution in [1.29, 1.82) is 0 Å². The lowest BCUT2D eigenvalue weighted by molar-refractivity contribution is 0.0936. The van der Waals surface area contributed by atoms with E-state index in [1.165, 1.54) is 12.1 Å². The normalized spacial score (nSPS) is 23.1. The van der Waals surface area contributed by atoms with Crippen LogP contribution in [0.1, 0.15) is 28.8 Å². The molecule has 6 heteroatoms. The first kappa shape index (κ1) is 19.9. The van der Waals surface area contributed by atoms with Gasteiger partial charge in [-0.2, -0.15) is 5.10 Å². The number of fused-ring (bicyclic) bond motifs is 1. The lowest BCUT2D eigenvalue weighted by atomic mass is 10.0. The molecule has 1 unspecified atom stereocenters. The average Bonchev–Trinajstić information content (AvgIpc) is 3.46. The lowest BCUT2D eigenvalue weighted by Gasteiger charge is -2.19. The number of hydrogen-bond acceptors (Lipinski definition) is 4. The van der Waals surface area contributed by atoms with Gasteiger partial charge in [-0.1, -0.05) is 30.3 Å². The smallest absolute Gasteiger partial charge is 0.179 e. The van der Waals surface area contributed by atoms with E-state index in [-0.39, 0.29) is 17.7 Å². The molecule has 0 spiro atoms. The number of benzene rings is 2. The number of likely N-dealkylation sites (tertiary alicyclic amines) is 1. The third kappa shape index (κ3) is 4.69. The van der Waals surface area contributed by atoms with Gasteiger partial charge in [0.05, 0.1) is 31.0 Å². The van der Waals surface area contributed by atoms with Gasteiger partial charge < -0.3 is 4.74 Å². The number of Topliss-reactive ketones (excluding diaryl/α,β-unsaturated/α-hetero) is 1. The van der Waals surface area contributed by atoms with Crippen LogP contribution in [0.15, 0.2) is 67.0 Å². The summed E-state index contributed by atoms with van der Waals surface area (Å²) in [5.41, 5.74) is 1.83. The van der Waals surface area contributed by atoms with Crippen LogP contribution in [0, 0.1) is 17.7 Å². The highest BCUT2D eigenvalue weighted by Gasteiger charge is 2.42. The Morgan fingerprint density at radius 3 is 2.45 bits per heavy atom. The largest absolute Gasteiger partial charge is 0.490 e. The number of hydrogen-bond donors (Lipinski definition) is 0. The van der Waals surface area contributed by atoms with Gasteiger partial charge in [-0.3, -0.25) is 14.4 Å². The van der Waals surface area contributed by atoms with Crippen LogP contribution in [0.4, 0.5) is 4.39 Å². The summed E-state index contributed by atoms with van der Waals surface area (Å²) in [6.45, 7) is 2.96. The van der Waals surface area contributed by atoms with Crippen LogP contribution in [-0.2, 0) is 6.54 Å². The van der Waals surface area contributed by atoms with E-state index in [0.29, 0.717) is 30.5 Å². The molecule has 2 heterocycles. The van der Waals surface area contributed by atoms with Crippen LogP contribution in [0.5, 0.6) is 5.75 Å². The van der Waals surface area contributed by atoms with Gasteiger partial charge in [0, 0.05) is 19.3 Å². The highest BCUT2D eigenvalue weighted by Crippen LogP contribution is 2.39. The molecular formula is C25H26FN3O2. The van der Waals surface area contributed by atoms with Crippen molar-refractivity contribution in [1.82, 2.24) is 14.7 Å². The van der Waals surface area contributed by atoms with Gasteiger partial charge in [0.15, 0.2) is 5.78 Å². The number of halogens is 1. The van der Waals surface area contributed by atoms with Gasteiger partial charge in [0.2, 0.25) is 0 Å². The summed E-state index contributed by atoms with van der Waals surface area (Å²) in [6.07, 6.45) is 5.67. The molecule has 5 nitrogen and oxygen atoms in total. The summed E-state index contributed by atoms with van der Waals surface area (Å²) in [7, 11) is 0. The topological polar surface area (TPSA) is 47.4 Å². The first-order valence-corrected chi connectivity index (χ1v) is 10.9. The zero-order chi connectivity index (χ0) is 21.2. The highest BCUT2D eigenvalue weighted by molar-refractivity contribution is 5.97. The molecule has 0 amide bonds. The molecular weight excluding hydrogens is 393 g/mol. The van der Waals surface area contributed by atoms with E-state index >= 15 is 0 Å². The Morgan fingerprint density at radius 1 is 1.03 bits per heavy atom. The molecule has 1 aliphatic carbocycles. The fourth-order valence-electron chi connectivity index (χ4n) is 4.93. The first-order chi connectivity index (χ1) is 15.1. The minimum Gasteiger partial charge on any atom is -0.490 e. The second-order valence-corrected chi connectivity index (χ2v) is 8.71. The minimum atomic E-state index is -0.249. The van der Waals surface area contributed by atoms with Gasteiger partial charge in [0.25, 0.3) is 0 Å². The van der Waals surface area contributed by atoms with Gasteiger partial charge in [-0.05, 0) is 54.5 Å².